The number of hydrogen-bond donors (Lipinski definition) is 2. The largest absolute Gasteiger partial charge is 0.383 e. The van der Waals surface area contributed by atoms with Crippen LogP contribution in [0.5, 0.6) is 0 Å². The minimum Gasteiger partial charge on any atom is -0.383 e. The number of nitro benzene ring substituents is 1. The third-order valence-electron chi connectivity index (χ3n) is 3.14. The van der Waals surface area contributed by atoms with Crippen LogP contribution in [0.1, 0.15) is 13.3 Å². The number of anilines is 1. The first kappa shape index (κ1) is 14.3. The normalized spacial score (nSPS) is 10.7. The van der Waals surface area contributed by atoms with Crippen molar-refractivity contribution < 1.29 is 4.92 Å². The van der Waals surface area contributed by atoms with Gasteiger partial charge in [-0.3, -0.25) is 10.1 Å². The van der Waals surface area contributed by atoms with E-state index >= 15 is 0 Å². The summed E-state index contributed by atoms with van der Waals surface area (Å²) in [5.74, 6) is 0. The number of nitrogens with one attached hydrogen (secondary N) is 2. The van der Waals surface area contributed by atoms with Gasteiger partial charge in [-0.25, -0.2) is 0 Å². The zero-order chi connectivity index (χ0) is 14.4. The van der Waals surface area contributed by atoms with Crippen LogP contribution in [-0.2, 0) is 0 Å². The van der Waals surface area contributed by atoms with E-state index < -0.39 is 0 Å². The molecule has 0 heterocycles. The molecule has 2 rings (SSSR count). The smallest absolute Gasteiger partial charge is 0.277 e. The first-order valence-electron chi connectivity index (χ1n) is 6.84. The lowest BCUT2D eigenvalue weighted by Gasteiger charge is -2.10. The summed E-state index contributed by atoms with van der Waals surface area (Å²) in [5, 5.41) is 19.2. The highest BCUT2D eigenvalue weighted by atomic mass is 16.6. The summed E-state index contributed by atoms with van der Waals surface area (Å²) >= 11 is 0. The molecule has 0 aliphatic carbocycles. The maximum absolute atomic E-state index is 11.0. The Morgan fingerprint density at radius 1 is 1.05 bits per heavy atom. The molecule has 2 aromatic carbocycles. The second-order valence-corrected chi connectivity index (χ2v) is 4.61. The van der Waals surface area contributed by atoms with Crippen LogP contribution in [0.3, 0.4) is 0 Å². The number of benzene rings is 2. The number of nitrogens with zero attached hydrogens (tertiary/aromatic N) is 1. The standard InChI is InChI=1S/C15H19N3O2/c1-2-9-16-10-11-17-14-7-8-15(18(19)20)13-6-4-3-5-12(13)14/h3-8,16-17H,2,9-11H2,1H3. The molecule has 0 aliphatic rings. The average molecular weight is 273 g/mol. The maximum atomic E-state index is 11.0. The molecule has 0 unspecified atom stereocenters. The van der Waals surface area contributed by atoms with Gasteiger partial charge in [0, 0.05) is 30.2 Å². The third kappa shape index (κ3) is 3.24. The molecule has 0 aliphatic heterocycles. The van der Waals surface area contributed by atoms with Gasteiger partial charge in [0.1, 0.15) is 0 Å². The Bertz CT molecular complexity index is 599. The van der Waals surface area contributed by atoms with Gasteiger partial charge < -0.3 is 10.6 Å². The monoisotopic (exact) mass is 273 g/mol. The highest BCUT2D eigenvalue weighted by Gasteiger charge is 2.13. The number of non-ortho nitro benzene ring substituents is 1. The Morgan fingerprint density at radius 2 is 1.80 bits per heavy atom. The van der Waals surface area contributed by atoms with Gasteiger partial charge in [0.2, 0.25) is 0 Å². The zero-order valence-electron chi connectivity index (χ0n) is 11.6. The lowest BCUT2D eigenvalue weighted by molar-refractivity contribution is -0.383. The molecule has 0 amide bonds. The zero-order valence-corrected chi connectivity index (χ0v) is 11.6. The van der Waals surface area contributed by atoms with Gasteiger partial charge in [-0.15, -0.1) is 0 Å². The van der Waals surface area contributed by atoms with Crippen LogP contribution in [0, 0.1) is 10.1 Å². The summed E-state index contributed by atoms with van der Waals surface area (Å²) in [6.45, 7) is 4.80. The van der Waals surface area contributed by atoms with Gasteiger partial charge in [-0.2, -0.15) is 0 Å². The number of hydrogen-bond acceptors (Lipinski definition) is 4. The summed E-state index contributed by atoms with van der Waals surface area (Å²) in [6.07, 6.45) is 1.11. The van der Waals surface area contributed by atoms with Crippen LogP contribution >= 0.6 is 0 Å². The molecule has 106 valence electrons. The number of fused-ring (bicyclic) bond motifs is 1. The second-order valence-electron chi connectivity index (χ2n) is 4.61. The van der Waals surface area contributed by atoms with Crippen molar-refractivity contribution in [3.05, 3.63) is 46.5 Å². The predicted molar refractivity (Wildman–Crippen MR) is 82.3 cm³/mol. The molecule has 2 aromatic rings. The Kier molecular flexibility index (Phi) is 4.90. The summed E-state index contributed by atoms with van der Waals surface area (Å²) < 4.78 is 0. The van der Waals surface area contributed by atoms with Gasteiger partial charge in [0.05, 0.1) is 10.3 Å². The van der Waals surface area contributed by atoms with Crippen molar-refractivity contribution in [3.8, 4) is 0 Å². The van der Waals surface area contributed by atoms with E-state index in [2.05, 4.69) is 17.6 Å². The molecule has 2 N–H and O–H groups in total. The molecular weight excluding hydrogens is 254 g/mol. The Hall–Kier alpha value is -2.14. The summed E-state index contributed by atoms with van der Waals surface area (Å²) in [7, 11) is 0. The molecule has 0 bridgehead atoms. The Morgan fingerprint density at radius 3 is 2.50 bits per heavy atom. The SMILES string of the molecule is CCCNCCNc1ccc([N+](=O)[O-])c2ccccc12. The van der Waals surface area contributed by atoms with Crippen LogP contribution < -0.4 is 10.6 Å². The second kappa shape index (κ2) is 6.86. The van der Waals surface area contributed by atoms with Crippen molar-refractivity contribution in [1.29, 1.82) is 0 Å². The van der Waals surface area contributed by atoms with Crippen LogP contribution in [0.25, 0.3) is 10.8 Å². The van der Waals surface area contributed by atoms with Crippen LogP contribution in [-0.4, -0.2) is 24.6 Å². The summed E-state index contributed by atoms with van der Waals surface area (Å²) in [6, 6.07) is 10.7. The molecule has 0 radical (unpaired) electrons. The predicted octanol–water partition coefficient (Wildman–Crippen LogP) is 3.16. The van der Waals surface area contributed by atoms with E-state index in [0.717, 1.165) is 37.1 Å². The van der Waals surface area contributed by atoms with Gasteiger partial charge in [0.15, 0.2) is 0 Å². The van der Waals surface area contributed by atoms with Crippen LogP contribution in [0.4, 0.5) is 11.4 Å². The van der Waals surface area contributed by atoms with Crippen LogP contribution in [0.15, 0.2) is 36.4 Å². The van der Waals surface area contributed by atoms with E-state index in [1.165, 1.54) is 0 Å². The van der Waals surface area contributed by atoms with E-state index in [-0.39, 0.29) is 10.6 Å². The molecule has 0 atom stereocenters. The average Bonchev–Trinajstić information content (AvgIpc) is 2.46. The fraction of sp³-hybridized carbons (Fsp3) is 0.333. The lowest BCUT2D eigenvalue weighted by atomic mass is 10.1. The van der Waals surface area contributed by atoms with Crippen LogP contribution in [0.2, 0.25) is 0 Å². The first-order chi connectivity index (χ1) is 9.74. The van der Waals surface area contributed by atoms with Crippen molar-refractivity contribution in [2.24, 2.45) is 0 Å². The van der Waals surface area contributed by atoms with Crippen molar-refractivity contribution in [2.45, 2.75) is 13.3 Å². The maximum Gasteiger partial charge on any atom is 0.277 e. The molecule has 5 heteroatoms. The minimum absolute atomic E-state index is 0.148. The molecule has 0 fully saturated rings. The molecule has 20 heavy (non-hydrogen) atoms. The van der Waals surface area contributed by atoms with E-state index in [1.807, 2.05) is 18.2 Å². The quantitative estimate of drug-likeness (QED) is 0.462. The number of nitro groups is 1. The Balaban J connectivity index is 2.18. The molecule has 0 saturated heterocycles. The highest BCUT2D eigenvalue weighted by Crippen LogP contribution is 2.30. The lowest BCUT2D eigenvalue weighted by Crippen LogP contribution is -2.22. The molecular formula is C15H19N3O2. The molecule has 5 nitrogen and oxygen atoms in total. The van der Waals surface area contributed by atoms with E-state index in [0.29, 0.717) is 5.39 Å². The van der Waals surface area contributed by atoms with E-state index in [1.54, 1.807) is 18.2 Å². The van der Waals surface area contributed by atoms with Gasteiger partial charge >= 0.3 is 0 Å². The first-order valence-corrected chi connectivity index (χ1v) is 6.84. The van der Waals surface area contributed by atoms with Crippen molar-refractivity contribution in [2.75, 3.05) is 25.0 Å². The van der Waals surface area contributed by atoms with Crippen molar-refractivity contribution in [3.63, 3.8) is 0 Å². The fourth-order valence-electron chi connectivity index (χ4n) is 2.18. The molecule has 0 spiro atoms. The van der Waals surface area contributed by atoms with E-state index in [4.69, 9.17) is 0 Å². The molecule has 0 saturated carbocycles. The van der Waals surface area contributed by atoms with Crippen molar-refractivity contribution in [1.82, 2.24) is 5.32 Å². The third-order valence-corrected chi connectivity index (χ3v) is 3.14. The van der Waals surface area contributed by atoms with Gasteiger partial charge in [0.25, 0.3) is 5.69 Å². The molecule has 0 aromatic heterocycles. The minimum atomic E-state index is -0.338. The highest BCUT2D eigenvalue weighted by molar-refractivity contribution is 5.99. The fourth-order valence-corrected chi connectivity index (χ4v) is 2.18. The van der Waals surface area contributed by atoms with Gasteiger partial charge in [-0.05, 0) is 25.1 Å². The summed E-state index contributed by atoms with van der Waals surface area (Å²) in [5.41, 5.74) is 1.08. The topological polar surface area (TPSA) is 67.2 Å². The van der Waals surface area contributed by atoms with Crippen molar-refractivity contribution >= 4 is 22.1 Å². The number of rotatable bonds is 7. The summed E-state index contributed by atoms with van der Waals surface area (Å²) in [4.78, 5) is 10.7. The van der Waals surface area contributed by atoms with Gasteiger partial charge in [-0.1, -0.05) is 25.1 Å². The van der Waals surface area contributed by atoms with E-state index in [9.17, 15) is 10.1 Å². The Labute approximate surface area is 118 Å².